The van der Waals surface area contributed by atoms with Gasteiger partial charge < -0.3 is 23.6 Å². The van der Waals surface area contributed by atoms with Gasteiger partial charge in [-0.1, -0.05) is 12.1 Å². The summed E-state index contributed by atoms with van der Waals surface area (Å²) in [7, 11) is -0.473. The Labute approximate surface area is 212 Å². The maximum atomic E-state index is 14.3. The zero-order chi connectivity index (χ0) is 27.3. The van der Waals surface area contributed by atoms with Crippen LogP contribution < -0.4 is 0 Å². The predicted octanol–water partition coefficient (Wildman–Crippen LogP) is 4.41. The van der Waals surface area contributed by atoms with Crippen molar-refractivity contribution in [3.63, 3.8) is 0 Å². The Balaban J connectivity index is 2.12. The largest absolute Gasteiger partial charge is 0.444 e. The number of sulfone groups is 1. The number of halogens is 1. The van der Waals surface area contributed by atoms with E-state index < -0.39 is 38.3 Å². The van der Waals surface area contributed by atoms with Crippen molar-refractivity contribution in [2.24, 2.45) is 0 Å². The Kier molecular flexibility index (Phi) is 9.98. The third kappa shape index (κ3) is 8.24. The molecule has 0 aliphatic carbocycles. The van der Waals surface area contributed by atoms with Crippen LogP contribution in [-0.2, 0) is 24.0 Å². The topological polar surface area (TPSA) is 121 Å². The number of aromatic nitrogens is 2. The number of ether oxygens (including phenoxy) is 3. The van der Waals surface area contributed by atoms with Crippen LogP contribution in [0.15, 0.2) is 27.6 Å². The molecular weight excluding hydrogens is 493 g/mol. The fourth-order valence-electron chi connectivity index (χ4n) is 3.44. The van der Waals surface area contributed by atoms with E-state index in [0.717, 1.165) is 12.3 Å². The molecule has 12 heteroatoms. The molecule has 0 aliphatic rings. The first-order chi connectivity index (χ1) is 16.7. The molecule has 3 atom stereocenters. The minimum absolute atomic E-state index is 0.106. The first-order valence-electron chi connectivity index (χ1n) is 11.6. The number of carbonyl (C=O) groups excluding carboxylic acids is 1. The van der Waals surface area contributed by atoms with Crippen LogP contribution in [0, 0.1) is 5.82 Å². The molecule has 0 saturated carbocycles. The van der Waals surface area contributed by atoms with E-state index in [9.17, 15) is 17.6 Å². The minimum Gasteiger partial charge on any atom is -0.444 e. The van der Waals surface area contributed by atoms with Gasteiger partial charge in [-0.2, -0.15) is 4.98 Å². The van der Waals surface area contributed by atoms with Crippen molar-refractivity contribution in [3.8, 4) is 11.4 Å². The Morgan fingerprint density at radius 2 is 1.94 bits per heavy atom. The lowest BCUT2D eigenvalue weighted by molar-refractivity contribution is -0.0450. The van der Waals surface area contributed by atoms with E-state index in [0.29, 0.717) is 19.4 Å². The molecule has 1 heterocycles. The summed E-state index contributed by atoms with van der Waals surface area (Å²) in [6.45, 7) is 9.41. The summed E-state index contributed by atoms with van der Waals surface area (Å²) < 4.78 is 59.8. The summed E-state index contributed by atoms with van der Waals surface area (Å²) in [6.07, 6.45) is 0.736. The second kappa shape index (κ2) is 12.1. The number of nitrogens with zero attached hydrogens (tertiary/aromatic N) is 3. The molecule has 1 aromatic carbocycles. The highest BCUT2D eigenvalue weighted by Crippen LogP contribution is 2.26. The highest BCUT2D eigenvalue weighted by Gasteiger charge is 2.29. The minimum atomic E-state index is -3.69. The Bertz CT molecular complexity index is 1130. The molecule has 0 aliphatic heterocycles. The second-order valence-corrected chi connectivity index (χ2v) is 11.6. The lowest BCUT2D eigenvalue weighted by Crippen LogP contribution is -2.44. The van der Waals surface area contributed by atoms with Crippen LogP contribution in [0.2, 0.25) is 0 Å². The SMILES string of the molecule is CC[C@@H](CC(COC)N(C)C(=O)OC(C)(C)C)O[C@H](C)c1nc(-c2ccc(S(C)(=O)=O)c(F)c2)no1. The Hall–Kier alpha value is -2.57. The molecular formula is C24H36FN3O7S. The number of amides is 1. The lowest BCUT2D eigenvalue weighted by atomic mass is 10.1. The van der Waals surface area contributed by atoms with Crippen molar-refractivity contribution < 1.29 is 36.3 Å². The number of methoxy groups -OCH3 is 1. The first-order valence-corrected chi connectivity index (χ1v) is 13.5. The van der Waals surface area contributed by atoms with Crippen molar-refractivity contribution in [2.45, 2.75) is 76.2 Å². The van der Waals surface area contributed by atoms with Gasteiger partial charge in [-0.25, -0.2) is 17.6 Å². The third-order valence-corrected chi connectivity index (χ3v) is 6.48. The average molecular weight is 530 g/mol. The van der Waals surface area contributed by atoms with Crippen LogP contribution in [0.1, 0.15) is 59.5 Å². The molecule has 0 N–H and O–H groups in total. The zero-order valence-electron chi connectivity index (χ0n) is 22.1. The monoisotopic (exact) mass is 529 g/mol. The van der Waals surface area contributed by atoms with Crippen molar-refractivity contribution in [1.82, 2.24) is 15.0 Å². The van der Waals surface area contributed by atoms with E-state index in [1.165, 1.54) is 17.0 Å². The summed E-state index contributed by atoms with van der Waals surface area (Å²) in [6, 6.07) is 3.33. The Morgan fingerprint density at radius 1 is 1.28 bits per heavy atom. The van der Waals surface area contributed by atoms with E-state index in [4.69, 9.17) is 18.7 Å². The number of carbonyl (C=O) groups is 1. The van der Waals surface area contributed by atoms with E-state index in [-0.39, 0.29) is 29.4 Å². The summed E-state index contributed by atoms with van der Waals surface area (Å²) in [5, 5.41) is 3.88. The third-order valence-electron chi connectivity index (χ3n) is 5.35. The molecule has 2 rings (SSSR count). The molecule has 0 fully saturated rings. The van der Waals surface area contributed by atoms with Gasteiger partial charge in [0.25, 0.3) is 5.89 Å². The Morgan fingerprint density at radius 3 is 2.47 bits per heavy atom. The highest BCUT2D eigenvalue weighted by molar-refractivity contribution is 7.90. The zero-order valence-corrected chi connectivity index (χ0v) is 22.9. The molecule has 10 nitrogen and oxygen atoms in total. The highest BCUT2D eigenvalue weighted by atomic mass is 32.2. The van der Waals surface area contributed by atoms with Gasteiger partial charge in [-0.3, -0.25) is 0 Å². The first kappa shape index (κ1) is 29.7. The van der Waals surface area contributed by atoms with Crippen molar-refractivity contribution in [2.75, 3.05) is 27.0 Å². The van der Waals surface area contributed by atoms with Crippen LogP contribution in [0.4, 0.5) is 9.18 Å². The molecule has 36 heavy (non-hydrogen) atoms. The quantitative estimate of drug-likeness (QED) is 0.417. The normalized spacial score (nSPS) is 14.8. The van der Waals surface area contributed by atoms with Crippen LogP contribution in [0.3, 0.4) is 0 Å². The van der Waals surface area contributed by atoms with Crippen LogP contribution in [0.25, 0.3) is 11.4 Å². The summed E-state index contributed by atoms with van der Waals surface area (Å²) in [5.41, 5.74) is -0.352. The number of likely N-dealkylation sites (N-methyl/N-ethyl adjacent to an activating group) is 1. The van der Waals surface area contributed by atoms with Crippen molar-refractivity contribution in [3.05, 3.63) is 29.9 Å². The number of hydrogen-bond acceptors (Lipinski definition) is 9. The average Bonchev–Trinajstić information content (AvgIpc) is 3.26. The predicted molar refractivity (Wildman–Crippen MR) is 131 cm³/mol. The van der Waals surface area contributed by atoms with Gasteiger partial charge in [-0.15, -0.1) is 0 Å². The van der Waals surface area contributed by atoms with Gasteiger partial charge in [0.2, 0.25) is 5.82 Å². The molecule has 0 bridgehead atoms. The molecule has 0 saturated heterocycles. The van der Waals surface area contributed by atoms with Crippen LogP contribution in [-0.4, -0.2) is 74.3 Å². The molecule has 2 aromatic rings. The van der Waals surface area contributed by atoms with Gasteiger partial charge >= 0.3 is 6.09 Å². The molecule has 202 valence electrons. The summed E-state index contributed by atoms with van der Waals surface area (Å²) in [4.78, 5) is 17.9. The smallest absolute Gasteiger partial charge is 0.410 e. The fourth-order valence-corrected chi connectivity index (χ4v) is 4.17. The molecule has 1 amide bonds. The van der Waals surface area contributed by atoms with E-state index >= 15 is 0 Å². The molecule has 1 unspecified atom stereocenters. The van der Waals surface area contributed by atoms with Gasteiger partial charge in [0.1, 0.15) is 22.4 Å². The fraction of sp³-hybridized carbons (Fsp3) is 0.625. The van der Waals surface area contributed by atoms with Gasteiger partial charge in [-0.05, 0) is 58.7 Å². The van der Waals surface area contributed by atoms with Crippen LogP contribution >= 0.6 is 0 Å². The number of rotatable bonds is 11. The molecule has 0 spiro atoms. The summed E-state index contributed by atoms with van der Waals surface area (Å²) >= 11 is 0. The number of benzene rings is 1. The van der Waals surface area contributed by atoms with E-state index in [1.54, 1.807) is 41.9 Å². The van der Waals surface area contributed by atoms with Crippen molar-refractivity contribution >= 4 is 15.9 Å². The second-order valence-electron chi connectivity index (χ2n) is 9.62. The summed E-state index contributed by atoms with van der Waals surface area (Å²) in [5.74, 6) is -0.607. The maximum Gasteiger partial charge on any atom is 0.410 e. The van der Waals surface area contributed by atoms with E-state index in [2.05, 4.69) is 10.1 Å². The maximum absolute atomic E-state index is 14.3. The standard InChI is InChI=1S/C24H36FN3O7S/c1-9-18(13-17(14-32-7)28(6)23(29)34-24(3,4)5)33-15(2)22-26-21(27-35-22)16-10-11-20(19(25)12-16)36(8,30)31/h10-12,15,17-18H,9,13-14H2,1-8H3/t15-,17?,18+/m1/s1. The van der Waals surface area contributed by atoms with Gasteiger partial charge in [0.05, 0.1) is 18.8 Å². The molecule has 0 radical (unpaired) electrons. The van der Waals surface area contributed by atoms with E-state index in [1.807, 2.05) is 6.92 Å². The molecule has 1 aromatic heterocycles. The van der Waals surface area contributed by atoms with Gasteiger partial charge in [0.15, 0.2) is 9.84 Å². The number of hydrogen-bond donors (Lipinski definition) is 0. The van der Waals surface area contributed by atoms with Gasteiger partial charge in [0, 0.05) is 26.0 Å². The van der Waals surface area contributed by atoms with Crippen LogP contribution in [0.5, 0.6) is 0 Å². The van der Waals surface area contributed by atoms with Crippen molar-refractivity contribution in [1.29, 1.82) is 0 Å². The lowest BCUT2D eigenvalue weighted by Gasteiger charge is -2.32.